The Morgan fingerprint density at radius 2 is 1.68 bits per heavy atom. The molecule has 0 atom stereocenters. The van der Waals surface area contributed by atoms with Crippen molar-refractivity contribution in [2.24, 2.45) is 0 Å². The van der Waals surface area contributed by atoms with Crippen LogP contribution >= 0.6 is 0 Å². The number of hydrogen-bond donors (Lipinski definition) is 3. The lowest BCUT2D eigenvalue weighted by Crippen LogP contribution is -2.40. The molecule has 3 N–H and O–H groups in total. The van der Waals surface area contributed by atoms with E-state index in [1.807, 2.05) is 4.98 Å². The van der Waals surface area contributed by atoms with Crippen molar-refractivity contribution in [2.75, 3.05) is 26.3 Å². The van der Waals surface area contributed by atoms with Gasteiger partial charge in [0.05, 0.1) is 18.1 Å². The van der Waals surface area contributed by atoms with Crippen molar-refractivity contribution in [3.63, 3.8) is 0 Å². The van der Waals surface area contributed by atoms with Gasteiger partial charge in [0.15, 0.2) is 4.90 Å². The van der Waals surface area contributed by atoms with Gasteiger partial charge < -0.3 is 9.72 Å². The second kappa shape index (κ2) is 7.97. The normalized spacial score (nSPS) is 16.1. The first-order chi connectivity index (χ1) is 13.2. The first kappa shape index (κ1) is 20.4. The number of morpholine rings is 1. The third-order valence-corrected chi connectivity index (χ3v) is 7.39. The zero-order chi connectivity index (χ0) is 20.4. The Labute approximate surface area is 160 Å². The fourth-order valence-corrected chi connectivity index (χ4v) is 5.00. The highest BCUT2D eigenvalue weighted by atomic mass is 32.2. The summed E-state index contributed by atoms with van der Waals surface area (Å²) in [7, 11) is -7.81. The second-order valence-electron chi connectivity index (χ2n) is 5.92. The lowest BCUT2D eigenvalue weighted by molar-refractivity contribution is 0.0730. The summed E-state index contributed by atoms with van der Waals surface area (Å²) in [5.41, 5.74) is -1.37. The topological polar surface area (TPSA) is 158 Å². The van der Waals surface area contributed by atoms with Gasteiger partial charge >= 0.3 is 5.69 Å². The Balaban J connectivity index is 1.72. The van der Waals surface area contributed by atoms with E-state index in [-0.39, 0.29) is 24.5 Å². The Bertz CT molecular complexity index is 1160. The molecular weight excluding hydrogens is 412 g/mol. The van der Waals surface area contributed by atoms with Crippen LogP contribution in [0, 0.1) is 0 Å². The Hall–Kier alpha value is -2.32. The molecule has 152 valence electrons. The van der Waals surface area contributed by atoms with E-state index >= 15 is 0 Å². The zero-order valence-electron chi connectivity index (χ0n) is 14.5. The fraction of sp³-hybridized carbons (Fsp3) is 0.333. The molecule has 0 amide bonds. The van der Waals surface area contributed by atoms with E-state index in [4.69, 9.17) is 4.74 Å². The van der Waals surface area contributed by atoms with E-state index < -0.39 is 36.2 Å². The predicted molar refractivity (Wildman–Crippen MR) is 97.7 cm³/mol. The van der Waals surface area contributed by atoms with Crippen molar-refractivity contribution < 1.29 is 21.6 Å². The van der Waals surface area contributed by atoms with Crippen LogP contribution in [0.15, 0.2) is 49.8 Å². The molecule has 2 aromatic rings. The van der Waals surface area contributed by atoms with Gasteiger partial charge in [0.1, 0.15) is 0 Å². The van der Waals surface area contributed by atoms with Crippen LogP contribution in [0.1, 0.15) is 5.56 Å². The zero-order valence-corrected chi connectivity index (χ0v) is 16.2. The summed E-state index contributed by atoms with van der Waals surface area (Å²) in [4.78, 5) is 26.0. The molecule has 0 aliphatic carbocycles. The monoisotopic (exact) mass is 430 g/mol. The molecule has 1 saturated heterocycles. The molecule has 1 aromatic heterocycles. The van der Waals surface area contributed by atoms with Gasteiger partial charge in [0.2, 0.25) is 20.0 Å². The second-order valence-corrected chi connectivity index (χ2v) is 9.59. The molecule has 3 rings (SSSR count). The summed E-state index contributed by atoms with van der Waals surface area (Å²) in [6.45, 7) is 1.06. The van der Waals surface area contributed by atoms with Gasteiger partial charge in [0.25, 0.3) is 5.56 Å². The maximum atomic E-state index is 12.6. The molecule has 13 heteroatoms. The van der Waals surface area contributed by atoms with Crippen molar-refractivity contribution in [3.05, 3.63) is 56.9 Å². The Kier molecular flexibility index (Phi) is 5.81. The van der Waals surface area contributed by atoms with Crippen molar-refractivity contribution in [1.29, 1.82) is 0 Å². The summed E-state index contributed by atoms with van der Waals surface area (Å²) in [5, 5.41) is 0. The van der Waals surface area contributed by atoms with E-state index in [1.54, 1.807) is 0 Å². The highest BCUT2D eigenvalue weighted by Gasteiger charge is 2.26. The number of benzene rings is 1. The summed E-state index contributed by atoms with van der Waals surface area (Å²) in [6, 6.07) is 5.74. The van der Waals surface area contributed by atoms with Gasteiger partial charge in [-0.2, -0.15) is 4.31 Å². The van der Waals surface area contributed by atoms with Crippen LogP contribution in [0.5, 0.6) is 0 Å². The highest BCUT2D eigenvalue weighted by Crippen LogP contribution is 2.17. The summed E-state index contributed by atoms with van der Waals surface area (Å²) in [6.07, 6.45) is 0.807. The molecule has 1 aromatic carbocycles. The van der Waals surface area contributed by atoms with Crippen molar-refractivity contribution in [2.45, 2.75) is 16.3 Å². The number of hydrogen-bond acceptors (Lipinski definition) is 7. The van der Waals surface area contributed by atoms with Crippen LogP contribution in [0.4, 0.5) is 0 Å². The first-order valence-corrected chi connectivity index (χ1v) is 11.1. The third-order valence-electron chi connectivity index (χ3n) is 4.07. The number of nitrogens with zero attached hydrogens (tertiary/aromatic N) is 1. The average molecular weight is 430 g/mol. The standard InChI is InChI=1S/C15H18N4O7S2/c20-14-13(10-16-15(21)18-14)27(22,23)17-9-11-1-3-12(4-2-11)28(24,25)19-5-7-26-8-6-19/h1-4,10,17H,5-9H2,(H2,16,18,20,21). The molecule has 0 unspecified atom stereocenters. The smallest absolute Gasteiger partial charge is 0.325 e. The number of H-pyrrole nitrogens is 2. The molecule has 0 spiro atoms. The van der Waals surface area contributed by atoms with Crippen LogP contribution in [0.25, 0.3) is 0 Å². The lowest BCUT2D eigenvalue weighted by atomic mass is 10.2. The average Bonchev–Trinajstić information content (AvgIpc) is 2.67. The maximum absolute atomic E-state index is 12.6. The van der Waals surface area contributed by atoms with Crippen LogP contribution in [-0.4, -0.2) is 57.4 Å². The summed E-state index contributed by atoms with van der Waals surface area (Å²) >= 11 is 0. The third kappa shape index (κ3) is 4.39. The summed E-state index contributed by atoms with van der Waals surface area (Å²) < 4.78 is 58.2. The van der Waals surface area contributed by atoms with Crippen molar-refractivity contribution >= 4 is 20.0 Å². The summed E-state index contributed by atoms with van der Waals surface area (Å²) in [5.74, 6) is 0. The number of aromatic nitrogens is 2. The lowest BCUT2D eigenvalue weighted by Gasteiger charge is -2.26. The van der Waals surface area contributed by atoms with Crippen LogP contribution < -0.4 is 16.0 Å². The predicted octanol–water partition coefficient (Wildman–Crippen LogP) is -1.44. The Morgan fingerprint density at radius 1 is 1.04 bits per heavy atom. The molecule has 28 heavy (non-hydrogen) atoms. The first-order valence-electron chi connectivity index (χ1n) is 8.19. The molecule has 0 radical (unpaired) electrons. The largest absolute Gasteiger partial charge is 0.379 e. The molecule has 0 saturated carbocycles. The van der Waals surface area contributed by atoms with E-state index in [2.05, 4.69) is 9.71 Å². The van der Waals surface area contributed by atoms with Crippen LogP contribution in [0.3, 0.4) is 0 Å². The number of aromatic amines is 2. The Morgan fingerprint density at radius 3 is 2.29 bits per heavy atom. The number of ether oxygens (including phenoxy) is 1. The van der Waals surface area contributed by atoms with Crippen LogP contribution in [-0.2, 0) is 31.3 Å². The minimum absolute atomic E-state index is 0.0955. The van der Waals surface area contributed by atoms with Gasteiger partial charge in [-0.05, 0) is 17.7 Å². The molecule has 1 aliphatic heterocycles. The van der Waals surface area contributed by atoms with E-state index in [0.29, 0.717) is 18.8 Å². The molecular formula is C15H18N4O7S2. The molecule has 1 fully saturated rings. The van der Waals surface area contributed by atoms with Gasteiger partial charge in [-0.15, -0.1) is 0 Å². The number of sulfonamides is 2. The quantitative estimate of drug-likeness (QED) is 0.506. The van der Waals surface area contributed by atoms with Crippen molar-refractivity contribution in [1.82, 2.24) is 19.0 Å². The van der Waals surface area contributed by atoms with Gasteiger partial charge in [-0.3, -0.25) is 9.78 Å². The van der Waals surface area contributed by atoms with Gasteiger partial charge in [-0.25, -0.2) is 26.4 Å². The van der Waals surface area contributed by atoms with E-state index in [1.165, 1.54) is 28.6 Å². The molecule has 2 heterocycles. The van der Waals surface area contributed by atoms with E-state index in [9.17, 15) is 26.4 Å². The minimum atomic E-state index is -4.17. The van der Waals surface area contributed by atoms with Crippen molar-refractivity contribution in [3.8, 4) is 0 Å². The van der Waals surface area contributed by atoms with Gasteiger partial charge in [0, 0.05) is 25.8 Å². The maximum Gasteiger partial charge on any atom is 0.325 e. The molecule has 0 bridgehead atoms. The number of nitrogens with one attached hydrogen (secondary N) is 3. The fourth-order valence-electron chi connectivity index (χ4n) is 2.57. The van der Waals surface area contributed by atoms with Gasteiger partial charge in [-0.1, -0.05) is 12.1 Å². The highest BCUT2D eigenvalue weighted by molar-refractivity contribution is 7.89. The van der Waals surface area contributed by atoms with Crippen LogP contribution in [0.2, 0.25) is 0 Å². The molecule has 11 nitrogen and oxygen atoms in total. The SMILES string of the molecule is O=c1[nH]cc(S(=O)(=O)NCc2ccc(S(=O)(=O)N3CCOCC3)cc2)c(=O)[nH]1. The molecule has 1 aliphatic rings. The van der Waals surface area contributed by atoms with E-state index in [0.717, 1.165) is 6.20 Å². The number of rotatable bonds is 6. The minimum Gasteiger partial charge on any atom is -0.379 e.